The molecule has 84 valence electrons. The molecule has 1 atom stereocenters. The number of halogens is 1. The van der Waals surface area contributed by atoms with Crippen LogP contribution in [0.15, 0.2) is 21.4 Å². The van der Waals surface area contributed by atoms with E-state index in [1.54, 1.807) is 13.0 Å². The van der Waals surface area contributed by atoms with Crippen molar-refractivity contribution in [2.24, 2.45) is 0 Å². The molecular formula is C10H14BrNO3. The normalized spacial score (nSPS) is 14.7. The first-order valence-electron chi connectivity index (χ1n) is 4.69. The van der Waals surface area contributed by atoms with Crippen LogP contribution in [0.5, 0.6) is 0 Å². The maximum Gasteiger partial charge on any atom is 0.256 e. The molecule has 0 aliphatic rings. The smallest absolute Gasteiger partial charge is 0.256 e. The van der Waals surface area contributed by atoms with E-state index in [0.717, 1.165) is 0 Å². The Hall–Kier alpha value is -0.810. The number of nitrogens with one attached hydrogen (secondary N) is 1. The average molecular weight is 276 g/mol. The van der Waals surface area contributed by atoms with E-state index in [9.17, 15) is 4.79 Å². The molecule has 2 N–H and O–H groups in total. The van der Waals surface area contributed by atoms with Gasteiger partial charge in [0.15, 0.2) is 4.67 Å². The van der Waals surface area contributed by atoms with Crippen LogP contribution in [0.2, 0.25) is 0 Å². The van der Waals surface area contributed by atoms with E-state index in [2.05, 4.69) is 21.2 Å². The van der Waals surface area contributed by atoms with Gasteiger partial charge in [-0.3, -0.25) is 4.79 Å². The van der Waals surface area contributed by atoms with E-state index < -0.39 is 5.54 Å². The third-order valence-corrected chi connectivity index (χ3v) is 3.02. The molecule has 4 nitrogen and oxygen atoms in total. The molecule has 0 saturated heterocycles. The summed E-state index contributed by atoms with van der Waals surface area (Å²) >= 11 is 3.13. The van der Waals surface area contributed by atoms with E-state index in [4.69, 9.17) is 9.52 Å². The van der Waals surface area contributed by atoms with Crippen LogP contribution in [0.1, 0.15) is 30.6 Å². The lowest BCUT2D eigenvalue weighted by Gasteiger charge is -2.26. The van der Waals surface area contributed by atoms with Crippen LogP contribution in [0.4, 0.5) is 0 Å². The molecule has 0 aliphatic carbocycles. The lowest BCUT2D eigenvalue weighted by atomic mass is 10.00. The van der Waals surface area contributed by atoms with Gasteiger partial charge < -0.3 is 14.8 Å². The minimum Gasteiger partial charge on any atom is -0.457 e. The second-order valence-corrected chi connectivity index (χ2v) is 4.35. The number of carbonyl (C=O) groups is 1. The molecule has 5 heteroatoms. The number of aliphatic hydroxyl groups is 1. The van der Waals surface area contributed by atoms with Crippen molar-refractivity contribution in [3.8, 4) is 0 Å². The first-order valence-corrected chi connectivity index (χ1v) is 5.48. The zero-order chi connectivity index (χ0) is 11.5. The number of rotatable bonds is 4. The average Bonchev–Trinajstić information content (AvgIpc) is 2.64. The standard InChI is InChI=1S/C10H14BrNO3/c1-3-10(2,6-13)12-9(14)7-4-5-15-8(7)11/h4-5,13H,3,6H2,1-2H3,(H,12,14). The monoisotopic (exact) mass is 275 g/mol. The number of furan rings is 1. The first kappa shape index (κ1) is 12.3. The van der Waals surface area contributed by atoms with Gasteiger partial charge in [0.05, 0.1) is 24.0 Å². The second-order valence-electron chi connectivity index (χ2n) is 3.63. The van der Waals surface area contributed by atoms with Crippen molar-refractivity contribution in [2.75, 3.05) is 6.61 Å². The molecule has 1 aromatic heterocycles. The number of hydrogen-bond acceptors (Lipinski definition) is 3. The van der Waals surface area contributed by atoms with E-state index in [1.165, 1.54) is 6.26 Å². The molecule has 0 aliphatic heterocycles. The highest BCUT2D eigenvalue weighted by Crippen LogP contribution is 2.18. The fraction of sp³-hybridized carbons (Fsp3) is 0.500. The maximum absolute atomic E-state index is 11.7. The van der Waals surface area contributed by atoms with Crippen LogP contribution in [0, 0.1) is 0 Å². The lowest BCUT2D eigenvalue weighted by Crippen LogP contribution is -2.48. The molecule has 15 heavy (non-hydrogen) atoms. The van der Waals surface area contributed by atoms with Gasteiger partial charge in [-0.25, -0.2) is 0 Å². The van der Waals surface area contributed by atoms with Crippen LogP contribution in [0.3, 0.4) is 0 Å². The molecule has 1 heterocycles. The molecule has 1 aromatic rings. The van der Waals surface area contributed by atoms with Crippen molar-refractivity contribution < 1.29 is 14.3 Å². The van der Waals surface area contributed by atoms with Crippen LogP contribution in [0.25, 0.3) is 0 Å². The summed E-state index contributed by atoms with van der Waals surface area (Å²) in [6.07, 6.45) is 2.09. The fourth-order valence-corrected chi connectivity index (χ4v) is 1.46. The summed E-state index contributed by atoms with van der Waals surface area (Å²) in [5.74, 6) is -0.256. The van der Waals surface area contributed by atoms with Crippen LogP contribution in [-0.4, -0.2) is 23.2 Å². The van der Waals surface area contributed by atoms with Crippen molar-refractivity contribution in [1.29, 1.82) is 0 Å². The van der Waals surface area contributed by atoms with Gasteiger partial charge in [0, 0.05) is 0 Å². The Kier molecular flexibility index (Phi) is 3.93. The molecule has 0 aromatic carbocycles. The van der Waals surface area contributed by atoms with Gasteiger partial charge in [-0.2, -0.15) is 0 Å². The highest BCUT2D eigenvalue weighted by molar-refractivity contribution is 9.10. The van der Waals surface area contributed by atoms with Crippen LogP contribution < -0.4 is 5.32 Å². The summed E-state index contributed by atoms with van der Waals surface area (Å²) in [5.41, 5.74) is -0.156. The minimum absolute atomic E-state index is 0.0925. The van der Waals surface area contributed by atoms with Crippen LogP contribution >= 0.6 is 15.9 Å². The van der Waals surface area contributed by atoms with Gasteiger partial charge in [-0.1, -0.05) is 6.92 Å². The summed E-state index contributed by atoms with van der Waals surface area (Å²) in [5, 5.41) is 11.9. The first-order chi connectivity index (χ1) is 7.02. The summed E-state index contributed by atoms with van der Waals surface area (Å²) < 4.78 is 5.36. The zero-order valence-corrected chi connectivity index (χ0v) is 10.3. The largest absolute Gasteiger partial charge is 0.457 e. The maximum atomic E-state index is 11.7. The Morgan fingerprint density at radius 1 is 1.73 bits per heavy atom. The lowest BCUT2D eigenvalue weighted by molar-refractivity contribution is 0.0845. The Morgan fingerprint density at radius 3 is 2.80 bits per heavy atom. The molecular weight excluding hydrogens is 262 g/mol. The van der Waals surface area contributed by atoms with Crippen LogP contribution in [-0.2, 0) is 0 Å². The third-order valence-electron chi connectivity index (χ3n) is 2.41. The van der Waals surface area contributed by atoms with E-state index in [-0.39, 0.29) is 12.5 Å². The molecule has 0 spiro atoms. The molecule has 1 unspecified atom stereocenters. The summed E-state index contributed by atoms with van der Waals surface area (Å²) in [6.45, 7) is 3.60. The van der Waals surface area contributed by atoms with Gasteiger partial charge in [-0.15, -0.1) is 0 Å². The van der Waals surface area contributed by atoms with Gasteiger partial charge in [0.25, 0.3) is 5.91 Å². The number of carbonyl (C=O) groups excluding carboxylic acids is 1. The molecule has 0 radical (unpaired) electrons. The quantitative estimate of drug-likeness (QED) is 0.883. The minimum atomic E-state index is -0.589. The molecule has 0 saturated carbocycles. The highest BCUT2D eigenvalue weighted by Gasteiger charge is 2.25. The summed E-state index contributed by atoms with van der Waals surface area (Å²) in [7, 11) is 0. The Labute approximate surface area is 96.8 Å². The van der Waals surface area contributed by atoms with Crippen molar-refractivity contribution in [1.82, 2.24) is 5.32 Å². The van der Waals surface area contributed by atoms with Crippen molar-refractivity contribution >= 4 is 21.8 Å². The summed E-state index contributed by atoms with van der Waals surface area (Å²) in [4.78, 5) is 11.7. The Bertz CT molecular complexity index is 344. The number of hydrogen-bond donors (Lipinski definition) is 2. The third kappa shape index (κ3) is 2.82. The predicted octanol–water partition coefficient (Wildman–Crippen LogP) is 1.93. The Balaban J connectivity index is 2.76. The van der Waals surface area contributed by atoms with E-state index in [0.29, 0.717) is 16.7 Å². The topological polar surface area (TPSA) is 62.5 Å². The highest BCUT2D eigenvalue weighted by atomic mass is 79.9. The predicted molar refractivity (Wildman–Crippen MR) is 59.7 cm³/mol. The molecule has 0 bridgehead atoms. The molecule has 1 amide bonds. The van der Waals surface area contributed by atoms with Gasteiger partial charge in [0.2, 0.25) is 0 Å². The second kappa shape index (κ2) is 4.81. The van der Waals surface area contributed by atoms with Crippen molar-refractivity contribution in [3.05, 3.63) is 22.6 Å². The fourth-order valence-electron chi connectivity index (χ4n) is 1.04. The van der Waals surface area contributed by atoms with Crippen molar-refractivity contribution in [2.45, 2.75) is 25.8 Å². The van der Waals surface area contributed by atoms with Crippen molar-refractivity contribution in [3.63, 3.8) is 0 Å². The van der Waals surface area contributed by atoms with Gasteiger partial charge in [0.1, 0.15) is 0 Å². The number of amides is 1. The molecule has 0 fully saturated rings. The SMILES string of the molecule is CCC(C)(CO)NC(=O)c1ccoc1Br. The van der Waals surface area contributed by atoms with Gasteiger partial charge >= 0.3 is 0 Å². The van der Waals surface area contributed by atoms with E-state index in [1.807, 2.05) is 6.92 Å². The van der Waals surface area contributed by atoms with Gasteiger partial charge in [-0.05, 0) is 35.3 Å². The number of aliphatic hydroxyl groups excluding tert-OH is 1. The zero-order valence-electron chi connectivity index (χ0n) is 8.71. The summed E-state index contributed by atoms with van der Waals surface area (Å²) in [6, 6.07) is 1.58. The Morgan fingerprint density at radius 2 is 2.40 bits per heavy atom. The molecule has 1 rings (SSSR count). The van der Waals surface area contributed by atoms with E-state index >= 15 is 0 Å².